The predicted octanol–water partition coefficient (Wildman–Crippen LogP) is 2.22. The Bertz CT molecular complexity index is 634. The highest BCUT2D eigenvalue weighted by molar-refractivity contribution is 14.1. The molecule has 0 aromatic heterocycles. The van der Waals surface area contributed by atoms with Crippen LogP contribution in [0.1, 0.15) is 6.42 Å². The number of anilines is 1. The Hall–Kier alpha value is -0.540. The number of carbonyl (C=O) groups excluding carboxylic acids is 1. The van der Waals surface area contributed by atoms with Crippen LogP contribution >= 0.6 is 33.3 Å². The van der Waals surface area contributed by atoms with Crippen LogP contribution in [-0.4, -0.2) is 33.7 Å². The third-order valence-electron chi connectivity index (χ3n) is 3.08. The molecule has 0 spiro atoms. The van der Waals surface area contributed by atoms with Gasteiger partial charge in [0.25, 0.3) is 0 Å². The maximum atomic E-state index is 12.1. The van der Waals surface area contributed by atoms with E-state index in [-0.39, 0.29) is 24.0 Å². The fraction of sp³-hybridized carbons (Fsp3) is 0.417. The van der Waals surface area contributed by atoms with Gasteiger partial charge >= 0.3 is 0 Å². The van der Waals surface area contributed by atoms with Crippen molar-refractivity contribution < 1.29 is 17.9 Å². The molecule has 1 atom stereocenters. The van der Waals surface area contributed by atoms with Gasteiger partial charge in [-0.1, -0.05) is 0 Å². The van der Waals surface area contributed by atoms with E-state index in [2.05, 4.69) is 22.6 Å². The molecule has 1 fully saturated rings. The lowest BCUT2D eigenvalue weighted by molar-refractivity contribution is -0.117. The summed E-state index contributed by atoms with van der Waals surface area (Å²) in [6.07, 6.45) is 0.194. The summed E-state index contributed by atoms with van der Waals surface area (Å²) in [6, 6.07) is 5.44. The van der Waals surface area contributed by atoms with Crippen LogP contribution in [-0.2, 0) is 13.8 Å². The number of benzene rings is 1. The van der Waals surface area contributed by atoms with Gasteiger partial charge in [0, 0.05) is 39.2 Å². The minimum Gasteiger partial charge on any atom is -0.497 e. The number of hydrogen-bond donors (Lipinski definition) is 0. The molecule has 0 bridgehead atoms. The Morgan fingerprint density at radius 3 is 2.80 bits per heavy atom. The second kappa shape index (κ2) is 6.07. The Morgan fingerprint density at radius 1 is 1.50 bits per heavy atom. The number of hydrogen-bond acceptors (Lipinski definition) is 4. The molecule has 1 heterocycles. The van der Waals surface area contributed by atoms with E-state index in [1.54, 1.807) is 18.1 Å². The minimum atomic E-state index is -3.59. The molecule has 0 aliphatic carbocycles. The highest BCUT2D eigenvalue weighted by Gasteiger charge is 2.34. The summed E-state index contributed by atoms with van der Waals surface area (Å²) in [5, 5.41) is 0. The normalized spacial score (nSPS) is 19.4. The van der Waals surface area contributed by atoms with Crippen molar-refractivity contribution in [2.24, 2.45) is 5.92 Å². The van der Waals surface area contributed by atoms with Crippen molar-refractivity contribution in [1.82, 2.24) is 0 Å². The molecule has 5 nitrogen and oxygen atoms in total. The van der Waals surface area contributed by atoms with E-state index in [0.717, 1.165) is 9.26 Å². The first kappa shape index (κ1) is 15.8. The SMILES string of the molecule is COc1ccc(I)c(N2CC(CS(=O)(=O)Cl)CC2=O)c1. The highest BCUT2D eigenvalue weighted by atomic mass is 127. The third-order valence-corrected chi connectivity index (χ3v) is 5.24. The summed E-state index contributed by atoms with van der Waals surface area (Å²) in [5.41, 5.74) is 0.740. The molecule has 1 saturated heterocycles. The summed E-state index contributed by atoms with van der Waals surface area (Å²) in [7, 11) is 3.22. The summed E-state index contributed by atoms with van der Waals surface area (Å²) >= 11 is 2.13. The number of rotatable bonds is 4. The van der Waals surface area contributed by atoms with Crippen molar-refractivity contribution in [3.8, 4) is 5.75 Å². The molecule has 1 aliphatic heterocycles. The Kier molecular flexibility index (Phi) is 4.80. The fourth-order valence-corrected chi connectivity index (χ4v) is 4.18. The van der Waals surface area contributed by atoms with E-state index in [9.17, 15) is 13.2 Å². The number of ether oxygens (including phenoxy) is 1. The van der Waals surface area contributed by atoms with Gasteiger partial charge in [-0.25, -0.2) is 8.42 Å². The van der Waals surface area contributed by atoms with E-state index >= 15 is 0 Å². The van der Waals surface area contributed by atoms with Crippen molar-refractivity contribution in [1.29, 1.82) is 0 Å². The number of nitrogens with zero attached hydrogens (tertiary/aromatic N) is 1. The van der Waals surface area contributed by atoms with Gasteiger partial charge < -0.3 is 9.64 Å². The lowest BCUT2D eigenvalue weighted by Crippen LogP contribution is -2.26. The molecule has 1 aromatic rings. The molecule has 2 rings (SSSR count). The van der Waals surface area contributed by atoms with Crippen LogP contribution in [0.5, 0.6) is 5.75 Å². The quantitative estimate of drug-likeness (QED) is 0.544. The van der Waals surface area contributed by atoms with E-state index < -0.39 is 9.05 Å². The Morgan fingerprint density at radius 2 is 2.20 bits per heavy atom. The van der Waals surface area contributed by atoms with E-state index in [4.69, 9.17) is 15.4 Å². The van der Waals surface area contributed by atoms with Crippen LogP contribution < -0.4 is 9.64 Å². The fourth-order valence-electron chi connectivity index (χ4n) is 2.23. The first-order chi connectivity index (χ1) is 9.30. The number of carbonyl (C=O) groups is 1. The molecule has 1 unspecified atom stereocenters. The van der Waals surface area contributed by atoms with E-state index in [1.807, 2.05) is 12.1 Å². The van der Waals surface area contributed by atoms with Crippen molar-refractivity contribution in [3.63, 3.8) is 0 Å². The van der Waals surface area contributed by atoms with Crippen LogP contribution in [0.25, 0.3) is 0 Å². The summed E-state index contributed by atoms with van der Waals surface area (Å²) < 4.78 is 28.3. The topological polar surface area (TPSA) is 63.7 Å². The zero-order chi connectivity index (χ0) is 14.9. The average Bonchev–Trinajstić information content (AvgIpc) is 2.68. The van der Waals surface area contributed by atoms with Crippen LogP contribution in [0.4, 0.5) is 5.69 Å². The molecular formula is C12H13ClINO4S. The van der Waals surface area contributed by atoms with Gasteiger partial charge in [-0.15, -0.1) is 0 Å². The molecular weight excluding hydrogens is 417 g/mol. The number of methoxy groups -OCH3 is 1. The first-order valence-corrected chi connectivity index (χ1v) is 9.42. The number of amides is 1. The third kappa shape index (κ3) is 3.76. The summed E-state index contributed by atoms with van der Waals surface area (Å²) in [6.45, 7) is 0.355. The molecule has 110 valence electrons. The van der Waals surface area contributed by atoms with Gasteiger partial charge in [0.2, 0.25) is 15.0 Å². The highest BCUT2D eigenvalue weighted by Crippen LogP contribution is 2.32. The first-order valence-electron chi connectivity index (χ1n) is 5.86. The lowest BCUT2D eigenvalue weighted by Gasteiger charge is -2.19. The molecule has 20 heavy (non-hydrogen) atoms. The lowest BCUT2D eigenvalue weighted by atomic mass is 10.1. The van der Waals surface area contributed by atoms with Crippen molar-refractivity contribution in [2.75, 3.05) is 24.3 Å². The molecule has 1 aliphatic rings. The molecule has 1 amide bonds. The molecule has 8 heteroatoms. The average molecular weight is 430 g/mol. The van der Waals surface area contributed by atoms with Gasteiger partial charge in [-0.2, -0.15) is 0 Å². The number of halogens is 2. The van der Waals surface area contributed by atoms with Crippen LogP contribution in [0.2, 0.25) is 0 Å². The summed E-state index contributed by atoms with van der Waals surface area (Å²) in [4.78, 5) is 13.7. The van der Waals surface area contributed by atoms with Gasteiger partial charge in [0.1, 0.15) is 5.75 Å². The Balaban J connectivity index is 2.24. The summed E-state index contributed by atoms with van der Waals surface area (Å²) in [5.74, 6) is 0.104. The van der Waals surface area contributed by atoms with Crippen LogP contribution in [0.3, 0.4) is 0 Å². The molecule has 0 N–H and O–H groups in total. The monoisotopic (exact) mass is 429 g/mol. The maximum absolute atomic E-state index is 12.1. The second-order valence-electron chi connectivity index (χ2n) is 4.60. The predicted molar refractivity (Wildman–Crippen MR) is 85.8 cm³/mol. The molecule has 0 radical (unpaired) electrons. The largest absolute Gasteiger partial charge is 0.497 e. The smallest absolute Gasteiger partial charge is 0.232 e. The molecule has 1 aromatic carbocycles. The van der Waals surface area contributed by atoms with Gasteiger partial charge in [0.15, 0.2) is 0 Å². The van der Waals surface area contributed by atoms with Crippen LogP contribution in [0.15, 0.2) is 18.2 Å². The van der Waals surface area contributed by atoms with E-state index in [0.29, 0.717) is 12.3 Å². The second-order valence-corrected chi connectivity index (χ2v) is 8.58. The van der Waals surface area contributed by atoms with Crippen molar-refractivity contribution in [2.45, 2.75) is 6.42 Å². The van der Waals surface area contributed by atoms with Crippen LogP contribution in [0, 0.1) is 9.49 Å². The van der Waals surface area contributed by atoms with E-state index in [1.165, 1.54) is 0 Å². The molecule has 0 saturated carbocycles. The Labute approximate surface area is 135 Å². The van der Waals surface area contributed by atoms with Gasteiger partial charge in [-0.05, 0) is 34.7 Å². The van der Waals surface area contributed by atoms with Crippen molar-refractivity contribution >= 4 is 53.9 Å². The van der Waals surface area contributed by atoms with Gasteiger partial charge in [-0.3, -0.25) is 4.79 Å². The zero-order valence-corrected chi connectivity index (χ0v) is 14.4. The zero-order valence-electron chi connectivity index (χ0n) is 10.7. The maximum Gasteiger partial charge on any atom is 0.232 e. The van der Waals surface area contributed by atoms with Gasteiger partial charge in [0.05, 0.1) is 18.6 Å². The van der Waals surface area contributed by atoms with Crippen molar-refractivity contribution in [3.05, 3.63) is 21.8 Å². The minimum absolute atomic E-state index is 0.0958. The standard InChI is InChI=1S/C12H13ClINO4S/c1-19-9-2-3-10(14)11(5-9)15-6-8(4-12(15)16)7-20(13,17)18/h2-3,5,8H,4,6-7H2,1H3.